The predicted octanol–water partition coefficient (Wildman–Crippen LogP) is 6.05. The molecule has 178 valence electrons. The number of piperazine rings is 1. The lowest BCUT2D eigenvalue weighted by atomic mass is 10.0. The van der Waals surface area contributed by atoms with Gasteiger partial charge in [-0.3, -0.25) is 4.90 Å². The van der Waals surface area contributed by atoms with E-state index in [0.717, 1.165) is 71.8 Å². The first kappa shape index (κ1) is 23.5. The minimum Gasteiger partial charge on any atom is -0.487 e. The van der Waals surface area contributed by atoms with Gasteiger partial charge in [-0.15, -0.1) is 0 Å². The summed E-state index contributed by atoms with van der Waals surface area (Å²) in [5.41, 5.74) is 4.84. The molecule has 6 heteroatoms. The SMILES string of the molecule is Fc1cc(/C=C(/CN2CCNCC2)c2ccc(OCc3ccc4ccccc4n3)cc2)ccc1Cl. The van der Waals surface area contributed by atoms with Crippen LogP contribution in [-0.2, 0) is 6.61 Å². The predicted molar refractivity (Wildman–Crippen MR) is 141 cm³/mol. The summed E-state index contributed by atoms with van der Waals surface area (Å²) in [6.45, 7) is 5.08. The monoisotopic (exact) mass is 487 g/mol. The van der Waals surface area contributed by atoms with E-state index in [2.05, 4.69) is 39.5 Å². The van der Waals surface area contributed by atoms with Gasteiger partial charge in [-0.25, -0.2) is 9.37 Å². The lowest BCUT2D eigenvalue weighted by Crippen LogP contribution is -2.43. The highest BCUT2D eigenvalue weighted by molar-refractivity contribution is 6.30. The molecule has 0 saturated carbocycles. The number of hydrogen-bond acceptors (Lipinski definition) is 4. The Kier molecular flexibility index (Phi) is 7.38. The van der Waals surface area contributed by atoms with Crippen LogP contribution in [0.4, 0.5) is 4.39 Å². The molecule has 0 spiro atoms. The van der Waals surface area contributed by atoms with E-state index in [1.807, 2.05) is 48.5 Å². The Morgan fingerprint density at radius 1 is 1.00 bits per heavy atom. The van der Waals surface area contributed by atoms with Gasteiger partial charge < -0.3 is 10.1 Å². The zero-order valence-electron chi connectivity index (χ0n) is 19.4. The van der Waals surface area contributed by atoms with E-state index < -0.39 is 5.82 Å². The molecule has 0 unspecified atom stereocenters. The van der Waals surface area contributed by atoms with Gasteiger partial charge >= 0.3 is 0 Å². The number of ether oxygens (including phenoxy) is 1. The van der Waals surface area contributed by atoms with Gasteiger partial charge in [0.2, 0.25) is 0 Å². The van der Waals surface area contributed by atoms with Crippen molar-refractivity contribution in [3.63, 3.8) is 0 Å². The Labute approximate surface area is 210 Å². The number of nitrogens with one attached hydrogen (secondary N) is 1. The number of halogens is 2. The lowest BCUT2D eigenvalue weighted by Gasteiger charge is -2.28. The number of aromatic nitrogens is 1. The summed E-state index contributed by atoms with van der Waals surface area (Å²) in [6, 6.07) is 25.1. The third-order valence-electron chi connectivity index (χ3n) is 6.16. The molecule has 0 radical (unpaired) electrons. The van der Waals surface area contributed by atoms with Crippen molar-refractivity contribution in [2.24, 2.45) is 0 Å². The van der Waals surface area contributed by atoms with Crippen molar-refractivity contribution in [2.45, 2.75) is 6.61 Å². The fraction of sp³-hybridized carbons (Fsp3) is 0.207. The van der Waals surface area contributed by atoms with Gasteiger partial charge in [-0.05, 0) is 59.2 Å². The normalized spacial score (nSPS) is 14.9. The standard InChI is InChI=1S/C29H27ClFN3O/c30-27-12-5-21(18-28(27)31)17-24(19-34-15-13-32-14-16-34)22-7-10-26(11-8-22)35-20-25-9-6-23-3-1-2-4-29(23)33-25/h1-12,17-18,32H,13-16,19-20H2/b24-17-. The van der Waals surface area contributed by atoms with Crippen LogP contribution >= 0.6 is 11.6 Å². The van der Waals surface area contributed by atoms with Gasteiger partial charge in [0, 0.05) is 38.1 Å². The van der Waals surface area contributed by atoms with Gasteiger partial charge in [-0.2, -0.15) is 0 Å². The minimum atomic E-state index is -0.409. The summed E-state index contributed by atoms with van der Waals surface area (Å²) in [5, 5.41) is 4.64. The van der Waals surface area contributed by atoms with E-state index in [1.54, 1.807) is 6.07 Å². The third-order valence-corrected chi connectivity index (χ3v) is 6.46. The number of benzene rings is 3. The number of pyridine rings is 1. The molecule has 2 heterocycles. The number of rotatable bonds is 7. The van der Waals surface area contributed by atoms with E-state index in [1.165, 1.54) is 6.07 Å². The van der Waals surface area contributed by atoms with Crippen LogP contribution in [0, 0.1) is 5.82 Å². The second-order valence-corrected chi connectivity index (χ2v) is 9.08. The lowest BCUT2D eigenvalue weighted by molar-refractivity contribution is 0.268. The zero-order chi connectivity index (χ0) is 24.0. The van der Waals surface area contributed by atoms with Crippen LogP contribution in [0.1, 0.15) is 16.8 Å². The van der Waals surface area contributed by atoms with E-state index in [4.69, 9.17) is 16.3 Å². The van der Waals surface area contributed by atoms with Crippen LogP contribution < -0.4 is 10.1 Å². The average Bonchev–Trinajstić information content (AvgIpc) is 2.90. The summed E-state index contributed by atoms with van der Waals surface area (Å²) in [5.74, 6) is 0.371. The molecule has 4 nitrogen and oxygen atoms in total. The van der Waals surface area contributed by atoms with Crippen LogP contribution in [0.15, 0.2) is 78.9 Å². The largest absolute Gasteiger partial charge is 0.487 e. The van der Waals surface area contributed by atoms with Crippen LogP contribution in [-0.4, -0.2) is 42.6 Å². The highest BCUT2D eigenvalue weighted by atomic mass is 35.5. The van der Waals surface area contributed by atoms with Crippen molar-refractivity contribution in [3.05, 3.63) is 107 Å². The van der Waals surface area contributed by atoms with Crippen molar-refractivity contribution in [1.82, 2.24) is 15.2 Å². The van der Waals surface area contributed by atoms with Gasteiger partial charge in [0.25, 0.3) is 0 Å². The zero-order valence-corrected chi connectivity index (χ0v) is 20.1. The third kappa shape index (κ3) is 6.06. The van der Waals surface area contributed by atoms with E-state index in [9.17, 15) is 4.39 Å². The van der Waals surface area contributed by atoms with Crippen molar-refractivity contribution in [3.8, 4) is 5.75 Å². The van der Waals surface area contributed by atoms with Gasteiger partial charge in [0.1, 0.15) is 18.2 Å². The van der Waals surface area contributed by atoms with E-state index in [0.29, 0.717) is 6.61 Å². The van der Waals surface area contributed by atoms with Gasteiger partial charge in [0.15, 0.2) is 0 Å². The Morgan fingerprint density at radius 3 is 2.60 bits per heavy atom. The Hall–Kier alpha value is -3.25. The molecule has 0 atom stereocenters. The highest BCUT2D eigenvalue weighted by Gasteiger charge is 2.13. The van der Waals surface area contributed by atoms with Crippen LogP contribution in [0.25, 0.3) is 22.6 Å². The fourth-order valence-electron chi connectivity index (χ4n) is 4.24. The highest BCUT2D eigenvalue weighted by Crippen LogP contribution is 2.25. The van der Waals surface area contributed by atoms with Crippen molar-refractivity contribution in [2.75, 3.05) is 32.7 Å². The number of fused-ring (bicyclic) bond motifs is 1. The molecular formula is C29H27ClFN3O. The molecule has 0 aliphatic carbocycles. The van der Waals surface area contributed by atoms with E-state index in [-0.39, 0.29) is 5.02 Å². The molecule has 1 aromatic heterocycles. The second kappa shape index (κ2) is 11.0. The molecule has 1 saturated heterocycles. The van der Waals surface area contributed by atoms with E-state index >= 15 is 0 Å². The van der Waals surface area contributed by atoms with Crippen molar-refractivity contribution >= 4 is 34.2 Å². The Bertz CT molecular complexity index is 1330. The first-order chi connectivity index (χ1) is 17.1. The molecule has 1 fully saturated rings. The molecule has 1 N–H and O–H groups in total. The Balaban J connectivity index is 1.33. The smallest absolute Gasteiger partial charge is 0.142 e. The minimum absolute atomic E-state index is 0.133. The molecule has 0 amide bonds. The maximum Gasteiger partial charge on any atom is 0.142 e. The first-order valence-electron chi connectivity index (χ1n) is 11.8. The molecule has 35 heavy (non-hydrogen) atoms. The molecule has 5 rings (SSSR count). The summed E-state index contributed by atoms with van der Waals surface area (Å²) in [6.07, 6.45) is 2.04. The van der Waals surface area contributed by atoms with Crippen LogP contribution in [0.5, 0.6) is 5.75 Å². The van der Waals surface area contributed by atoms with Gasteiger partial charge in [0.05, 0.1) is 16.2 Å². The van der Waals surface area contributed by atoms with Crippen LogP contribution in [0.3, 0.4) is 0 Å². The summed E-state index contributed by atoms with van der Waals surface area (Å²) < 4.78 is 20.1. The fourth-order valence-corrected chi connectivity index (χ4v) is 4.36. The first-order valence-corrected chi connectivity index (χ1v) is 12.2. The van der Waals surface area contributed by atoms with Crippen LogP contribution in [0.2, 0.25) is 5.02 Å². The maximum atomic E-state index is 14.1. The molecule has 0 bridgehead atoms. The molecule has 1 aliphatic heterocycles. The van der Waals surface area contributed by atoms with Crippen molar-refractivity contribution < 1.29 is 9.13 Å². The quantitative estimate of drug-likeness (QED) is 0.322. The molecule has 1 aliphatic rings. The summed E-state index contributed by atoms with van der Waals surface area (Å²) in [7, 11) is 0. The molecule has 3 aromatic carbocycles. The molecular weight excluding hydrogens is 461 g/mol. The van der Waals surface area contributed by atoms with Crippen molar-refractivity contribution in [1.29, 1.82) is 0 Å². The number of nitrogens with zero attached hydrogens (tertiary/aromatic N) is 2. The maximum absolute atomic E-state index is 14.1. The average molecular weight is 488 g/mol. The van der Waals surface area contributed by atoms with Gasteiger partial charge in [-0.1, -0.05) is 54.1 Å². The summed E-state index contributed by atoms with van der Waals surface area (Å²) in [4.78, 5) is 7.08. The second-order valence-electron chi connectivity index (χ2n) is 8.68. The Morgan fingerprint density at radius 2 is 1.80 bits per heavy atom. The topological polar surface area (TPSA) is 37.4 Å². The number of para-hydroxylation sites is 1. The molecule has 4 aromatic rings. The number of hydrogen-bond donors (Lipinski definition) is 1. The summed E-state index contributed by atoms with van der Waals surface area (Å²) >= 11 is 5.88.